The summed E-state index contributed by atoms with van der Waals surface area (Å²) in [5, 5.41) is 10.6. The summed E-state index contributed by atoms with van der Waals surface area (Å²) in [5.41, 5.74) is 4.12. The average molecular weight is 486 g/mol. The van der Waals surface area contributed by atoms with Crippen molar-refractivity contribution >= 4 is 29.0 Å². The Morgan fingerprint density at radius 2 is 1.61 bits per heavy atom. The van der Waals surface area contributed by atoms with Crippen molar-refractivity contribution in [3.05, 3.63) is 77.9 Å². The van der Waals surface area contributed by atoms with E-state index in [9.17, 15) is 9.18 Å². The van der Waals surface area contributed by atoms with Gasteiger partial charge in [0.25, 0.3) is 5.91 Å². The van der Waals surface area contributed by atoms with E-state index in [0.717, 1.165) is 35.9 Å². The van der Waals surface area contributed by atoms with Gasteiger partial charge in [0, 0.05) is 48.8 Å². The highest BCUT2D eigenvalue weighted by atomic mass is 19.1. The molecular weight excluding hydrogens is 457 g/mol. The minimum Gasteiger partial charge on any atom is -0.356 e. The molecule has 0 bridgehead atoms. The van der Waals surface area contributed by atoms with E-state index in [1.807, 2.05) is 37.3 Å². The van der Waals surface area contributed by atoms with Crippen LogP contribution in [-0.2, 0) is 7.05 Å². The van der Waals surface area contributed by atoms with Crippen molar-refractivity contribution in [2.45, 2.75) is 26.2 Å². The highest BCUT2D eigenvalue weighted by Gasteiger charge is 2.16. The number of hydrogen-bond donors (Lipinski definition) is 2. The molecule has 0 aliphatic carbocycles. The largest absolute Gasteiger partial charge is 0.356 e. The number of piperidine rings is 1. The number of benzene rings is 2. The van der Waals surface area contributed by atoms with E-state index in [2.05, 4.69) is 25.6 Å². The number of carbonyl (C=O) groups excluding carboxylic acids is 1. The molecule has 1 saturated heterocycles. The lowest BCUT2D eigenvalue weighted by Gasteiger charge is -2.28. The van der Waals surface area contributed by atoms with Crippen molar-refractivity contribution in [1.82, 2.24) is 19.7 Å². The van der Waals surface area contributed by atoms with Gasteiger partial charge in [0.15, 0.2) is 0 Å². The van der Waals surface area contributed by atoms with Crippen LogP contribution in [0.2, 0.25) is 0 Å². The molecule has 9 heteroatoms. The number of hydrogen-bond acceptors (Lipinski definition) is 6. The highest BCUT2D eigenvalue weighted by Crippen LogP contribution is 2.23. The second kappa shape index (κ2) is 10.2. The van der Waals surface area contributed by atoms with Crippen molar-refractivity contribution in [3.8, 4) is 11.3 Å². The summed E-state index contributed by atoms with van der Waals surface area (Å²) in [7, 11) is 1.70. The second-order valence-electron chi connectivity index (χ2n) is 8.94. The minimum absolute atomic E-state index is 0.285. The van der Waals surface area contributed by atoms with Crippen LogP contribution in [-0.4, -0.2) is 38.7 Å². The van der Waals surface area contributed by atoms with Crippen molar-refractivity contribution in [2.75, 3.05) is 28.6 Å². The zero-order chi connectivity index (χ0) is 25.1. The number of carbonyl (C=O) groups is 1. The maximum absolute atomic E-state index is 13.2. The molecule has 1 fully saturated rings. The van der Waals surface area contributed by atoms with Crippen LogP contribution in [0.5, 0.6) is 0 Å². The first-order valence-corrected chi connectivity index (χ1v) is 12.0. The van der Waals surface area contributed by atoms with E-state index in [0.29, 0.717) is 23.0 Å². The predicted molar refractivity (Wildman–Crippen MR) is 139 cm³/mol. The Morgan fingerprint density at radius 3 is 2.33 bits per heavy atom. The third kappa shape index (κ3) is 5.35. The molecule has 1 aliphatic heterocycles. The van der Waals surface area contributed by atoms with Gasteiger partial charge in [-0.2, -0.15) is 10.1 Å². The fourth-order valence-electron chi connectivity index (χ4n) is 4.30. The van der Waals surface area contributed by atoms with Crippen LogP contribution in [0.3, 0.4) is 0 Å². The smallest absolute Gasteiger partial charge is 0.273 e. The van der Waals surface area contributed by atoms with Gasteiger partial charge in [-0.05, 0) is 80.8 Å². The van der Waals surface area contributed by atoms with Gasteiger partial charge >= 0.3 is 0 Å². The molecule has 184 valence electrons. The lowest BCUT2D eigenvalue weighted by Crippen LogP contribution is -2.30. The van der Waals surface area contributed by atoms with Crippen LogP contribution in [0.15, 0.2) is 60.7 Å². The molecule has 0 saturated carbocycles. The Hall–Kier alpha value is -4.27. The molecule has 1 aliphatic rings. The Labute approximate surface area is 209 Å². The van der Waals surface area contributed by atoms with Crippen molar-refractivity contribution in [1.29, 1.82) is 0 Å². The first-order valence-electron chi connectivity index (χ1n) is 12.0. The van der Waals surface area contributed by atoms with Gasteiger partial charge in [-0.25, -0.2) is 9.37 Å². The topological polar surface area (TPSA) is 88.0 Å². The number of amides is 1. The molecule has 36 heavy (non-hydrogen) atoms. The predicted octanol–water partition coefficient (Wildman–Crippen LogP) is 5.31. The van der Waals surface area contributed by atoms with E-state index < -0.39 is 0 Å². The van der Waals surface area contributed by atoms with Gasteiger partial charge in [-0.15, -0.1) is 0 Å². The average Bonchev–Trinajstić information content (AvgIpc) is 3.27. The fraction of sp³-hybridized carbons (Fsp3) is 0.259. The Bertz CT molecular complexity index is 1360. The number of aryl methyl sites for hydroxylation is 2. The summed E-state index contributed by atoms with van der Waals surface area (Å²) in [6.45, 7) is 4.01. The van der Waals surface area contributed by atoms with E-state index in [1.165, 1.54) is 36.1 Å². The van der Waals surface area contributed by atoms with Crippen LogP contribution in [0, 0.1) is 12.7 Å². The maximum Gasteiger partial charge on any atom is 0.273 e. The summed E-state index contributed by atoms with van der Waals surface area (Å²) < 4.78 is 14.7. The van der Waals surface area contributed by atoms with Crippen LogP contribution in [0.4, 0.5) is 27.5 Å². The molecule has 4 aromatic rings. The molecule has 0 atom stereocenters. The summed E-state index contributed by atoms with van der Waals surface area (Å²) in [5.74, 6) is 0.898. The molecule has 0 unspecified atom stereocenters. The maximum atomic E-state index is 13.2. The van der Waals surface area contributed by atoms with Crippen LogP contribution >= 0.6 is 0 Å². The molecule has 1 amide bonds. The number of rotatable bonds is 6. The lowest BCUT2D eigenvalue weighted by molar-refractivity contribution is 0.101. The molecule has 2 aromatic carbocycles. The van der Waals surface area contributed by atoms with Crippen LogP contribution in [0.25, 0.3) is 11.3 Å². The summed E-state index contributed by atoms with van der Waals surface area (Å²) in [6, 6.07) is 17.1. The van der Waals surface area contributed by atoms with E-state index in [4.69, 9.17) is 4.98 Å². The second-order valence-corrected chi connectivity index (χ2v) is 8.94. The Kier molecular flexibility index (Phi) is 6.62. The third-order valence-electron chi connectivity index (χ3n) is 6.17. The monoisotopic (exact) mass is 485 g/mol. The number of halogens is 1. The summed E-state index contributed by atoms with van der Waals surface area (Å²) >= 11 is 0. The van der Waals surface area contributed by atoms with Gasteiger partial charge in [-0.3, -0.25) is 9.48 Å². The Balaban J connectivity index is 1.25. The molecule has 2 N–H and O–H groups in total. The minimum atomic E-state index is -0.318. The van der Waals surface area contributed by atoms with Gasteiger partial charge in [0.05, 0.1) is 5.69 Å². The van der Waals surface area contributed by atoms with E-state index >= 15 is 0 Å². The number of nitrogens with one attached hydrogen (secondary N) is 2. The summed E-state index contributed by atoms with van der Waals surface area (Å²) in [4.78, 5) is 24.4. The fourth-order valence-corrected chi connectivity index (χ4v) is 4.30. The van der Waals surface area contributed by atoms with Gasteiger partial charge < -0.3 is 15.5 Å². The number of anilines is 4. The first kappa shape index (κ1) is 23.5. The van der Waals surface area contributed by atoms with Gasteiger partial charge in [0.2, 0.25) is 5.95 Å². The lowest BCUT2D eigenvalue weighted by atomic mass is 10.1. The highest BCUT2D eigenvalue weighted by molar-refractivity contribution is 6.03. The van der Waals surface area contributed by atoms with Gasteiger partial charge in [-0.1, -0.05) is 0 Å². The van der Waals surface area contributed by atoms with Crippen LogP contribution in [0.1, 0.15) is 35.4 Å². The molecule has 8 nitrogen and oxygen atoms in total. The zero-order valence-corrected chi connectivity index (χ0v) is 20.3. The standard InChI is InChI=1S/C27H28FN7O/c1-18-16-25(35-14-4-3-5-15-35)32-27(29-18)31-22-12-10-21(11-13-22)30-26(36)24-17-23(33-34(24)2)19-6-8-20(28)9-7-19/h6-13,16-17H,3-5,14-15H2,1-2H3,(H,30,36)(H,29,31,32). The zero-order valence-electron chi connectivity index (χ0n) is 20.3. The van der Waals surface area contributed by atoms with Gasteiger partial charge in [0.1, 0.15) is 17.3 Å². The Morgan fingerprint density at radius 1 is 0.917 bits per heavy atom. The molecule has 0 spiro atoms. The molecule has 3 heterocycles. The first-order chi connectivity index (χ1) is 17.4. The molecular formula is C27H28FN7O. The summed E-state index contributed by atoms with van der Waals surface area (Å²) in [6.07, 6.45) is 3.64. The van der Waals surface area contributed by atoms with Crippen LogP contribution < -0.4 is 15.5 Å². The van der Waals surface area contributed by atoms with E-state index in [1.54, 1.807) is 25.2 Å². The SMILES string of the molecule is Cc1cc(N2CCCCC2)nc(Nc2ccc(NC(=O)c3cc(-c4ccc(F)cc4)nn3C)cc2)n1. The molecule has 5 rings (SSSR count). The molecule has 2 aromatic heterocycles. The number of nitrogens with zero attached hydrogens (tertiary/aromatic N) is 5. The van der Waals surface area contributed by atoms with E-state index in [-0.39, 0.29) is 11.7 Å². The molecule has 0 radical (unpaired) electrons. The van der Waals surface area contributed by atoms with Crippen molar-refractivity contribution in [2.24, 2.45) is 7.05 Å². The van der Waals surface area contributed by atoms with Crippen molar-refractivity contribution in [3.63, 3.8) is 0 Å². The normalized spacial score (nSPS) is 13.5. The van der Waals surface area contributed by atoms with Crippen molar-refractivity contribution < 1.29 is 9.18 Å². The number of aromatic nitrogens is 4. The third-order valence-corrected chi connectivity index (χ3v) is 6.17. The quantitative estimate of drug-likeness (QED) is 0.385.